The molecule has 106 valence electrons. The van der Waals surface area contributed by atoms with Crippen molar-refractivity contribution in [2.24, 2.45) is 11.8 Å². The normalized spacial score (nSPS) is 27.1. The molecule has 0 bridgehead atoms. The van der Waals surface area contributed by atoms with Crippen molar-refractivity contribution in [1.82, 2.24) is 10.2 Å². The van der Waals surface area contributed by atoms with Crippen LogP contribution in [0.1, 0.15) is 38.5 Å². The van der Waals surface area contributed by atoms with Gasteiger partial charge in [0.15, 0.2) is 0 Å². The molecule has 1 aliphatic carbocycles. The van der Waals surface area contributed by atoms with E-state index in [-0.39, 0.29) is 17.7 Å². The SMILES string of the molecule is C=CCNC(=O)C1CCC(C(=O)N2CCCC2)CC1. The molecule has 0 radical (unpaired) electrons. The molecule has 1 N–H and O–H groups in total. The topological polar surface area (TPSA) is 49.4 Å². The number of likely N-dealkylation sites (tertiary alicyclic amines) is 1. The van der Waals surface area contributed by atoms with Crippen molar-refractivity contribution in [1.29, 1.82) is 0 Å². The molecule has 0 aromatic carbocycles. The van der Waals surface area contributed by atoms with Gasteiger partial charge in [0, 0.05) is 31.5 Å². The zero-order valence-corrected chi connectivity index (χ0v) is 11.6. The van der Waals surface area contributed by atoms with Gasteiger partial charge in [0.05, 0.1) is 0 Å². The summed E-state index contributed by atoms with van der Waals surface area (Å²) in [7, 11) is 0. The highest BCUT2D eigenvalue weighted by Gasteiger charge is 2.32. The second-order valence-corrected chi connectivity index (χ2v) is 5.61. The molecule has 2 amide bonds. The molecule has 2 aliphatic rings. The Labute approximate surface area is 115 Å². The fraction of sp³-hybridized carbons (Fsp3) is 0.733. The van der Waals surface area contributed by atoms with Crippen molar-refractivity contribution in [3.8, 4) is 0 Å². The summed E-state index contributed by atoms with van der Waals surface area (Å²) in [5, 5.41) is 2.85. The van der Waals surface area contributed by atoms with E-state index in [2.05, 4.69) is 11.9 Å². The van der Waals surface area contributed by atoms with Crippen molar-refractivity contribution >= 4 is 11.8 Å². The third-order valence-corrected chi connectivity index (χ3v) is 4.29. The number of nitrogens with zero attached hydrogens (tertiary/aromatic N) is 1. The minimum Gasteiger partial charge on any atom is -0.352 e. The molecule has 2 fully saturated rings. The lowest BCUT2D eigenvalue weighted by Gasteiger charge is -2.29. The standard InChI is InChI=1S/C15H24N2O2/c1-2-9-16-14(18)12-5-7-13(8-6-12)15(19)17-10-3-4-11-17/h2,12-13H,1,3-11H2,(H,16,18). The van der Waals surface area contributed by atoms with Crippen LogP contribution in [0.3, 0.4) is 0 Å². The number of rotatable bonds is 4. The van der Waals surface area contributed by atoms with Crippen LogP contribution in [0.25, 0.3) is 0 Å². The number of hydrogen-bond acceptors (Lipinski definition) is 2. The Kier molecular flexibility index (Phi) is 5.00. The van der Waals surface area contributed by atoms with Crippen LogP contribution in [0.2, 0.25) is 0 Å². The molecule has 1 saturated carbocycles. The van der Waals surface area contributed by atoms with Gasteiger partial charge >= 0.3 is 0 Å². The number of nitrogens with one attached hydrogen (secondary N) is 1. The molecule has 0 aromatic heterocycles. The number of hydrogen-bond donors (Lipinski definition) is 1. The van der Waals surface area contributed by atoms with Crippen LogP contribution in [0.5, 0.6) is 0 Å². The molecule has 0 spiro atoms. The van der Waals surface area contributed by atoms with Crippen LogP contribution in [0.4, 0.5) is 0 Å². The highest BCUT2D eigenvalue weighted by Crippen LogP contribution is 2.30. The highest BCUT2D eigenvalue weighted by atomic mass is 16.2. The fourth-order valence-corrected chi connectivity index (χ4v) is 3.12. The van der Waals surface area contributed by atoms with E-state index in [1.165, 1.54) is 0 Å². The lowest BCUT2D eigenvalue weighted by molar-refractivity contribution is -0.137. The predicted octanol–water partition coefficient (Wildman–Crippen LogP) is 1.72. The number of carbonyl (C=O) groups excluding carboxylic acids is 2. The average molecular weight is 264 g/mol. The first-order chi connectivity index (χ1) is 9.22. The number of carbonyl (C=O) groups is 2. The fourth-order valence-electron chi connectivity index (χ4n) is 3.12. The zero-order valence-electron chi connectivity index (χ0n) is 11.6. The van der Waals surface area contributed by atoms with Gasteiger partial charge in [-0.25, -0.2) is 0 Å². The van der Waals surface area contributed by atoms with Gasteiger partial charge in [-0.1, -0.05) is 6.08 Å². The molecule has 4 heteroatoms. The van der Waals surface area contributed by atoms with E-state index >= 15 is 0 Å². The summed E-state index contributed by atoms with van der Waals surface area (Å²) in [4.78, 5) is 26.1. The maximum Gasteiger partial charge on any atom is 0.225 e. The van der Waals surface area contributed by atoms with Crippen LogP contribution >= 0.6 is 0 Å². The Bertz CT molecular complexity index is 340. The Hall–Kier alpha value is -1.32. The van der Waals surface area contributed by atoms with E-state index in [1.54, 1.807) is 6.08 Å². The molecule has 2 rings (SSSR count). The molecule has 19 heavy (non-hydrogen) atoms. The minimum absolute atomic E-state index is 0.0857. The Balaban J connectivity index is 1.76. The lowest BCUT2D eigenvalue weighted by atomic mass is 9.81. The molecule has 0 aromatic rings. The molecule has 0 unspecified atom stereocenters. The molecule has 1 saturated heterocycles. The maximum absolute atomic E-state index is 12.3. The van der Waals surface area contributed by atoms with E-state index < -0.39 is 0 Å². The first-order valence-electron chi connectivity index (χ1n) is 7.39. The van der Waals surface area contributed by atoms with Gasteiger partial charge in [0.2, 0.25) is 11.8 Å². The van der Waals surface area contributed by atoms with Gasteiger partial charge in [0.1, 0.15) is 0 Å². The third-order valence-electron chi connectivity index (χ3n) is 4.29. The Morgan fingerprint density at radius 3 is 2.26 bits per heavy atom. The summed E-state index contributed by atoms with van der Waals surface area (Å²) in [6.07, 6.45) is 7.39. The summed E-state index contributed by atoms with van der Waals surface area (Å²) < 4.78 is 0. The molecular formula is C15H24N2O2. The monoisotopic (exact) mass is 264 g/mol. The average Bonchev–Trinajstić information content (AvgIpc) is 2.98. The molecule has 0 atom stereocenters. The summed E-state index contributed by atoms with van der Waals surface area (Å²) in [6, 6.07) is 0. The first kappa shape index (κ1) is 14.1. The van der Waals surface area contributed by atoms with E-state index in [9.17, 15) is 9.59 Å². The Morgan fingerprint density at radius 1 is 1.11 bits per heavy atom. The second-order valence-electron chi connectivity index (χ2n) is 5.61. The van der Waals surface area contributed by atoms with Gasteiger partial charge in [-0.2, -0.15) is 0 Å². The van der Waals surface area contributed by atoms with Gasteiger partial charge in [-0.3, -0.25) is 9.59 Å². The van der Waals surface area contributed by atoms with Gasteiger partial charge in [-0.05, 0) is 38.5 Å². The van der Waals surface area contributed by atoms with Gasteiger partial charge < -0.3 is 10.2 Å². The van der Waals surface area contributed by atoms with Crippen molar-refractivity contribution in [3.63, 3.8) is 0 Å². The van der Waals surface area contributed by atoms with Crippen LogP contribution in [-0.4, -0.2) is 36.3 Å². The zero-order chi connectivity index (χ0) is 13.7. The second kappa shape index (κ2) is 6.73. The van der Waals surface area contributed by atoms with E-state index in [0.717, 1.165) is 51.6 Å². The highest BCUT2D eigenvalue weighted by molar-refractivity contribution is 5.81. The van der Waals surface area contributed by atoms with E-state index in [4.69, 9.17) is 0 Å². The third kappa shape index (κ3) is 3.58. The van der Waals surface area contributed by atoms with Crippen molar-refractivity contribution < 1.29 is 9.59 Å². The van der Waals surface area contributed by atoms with E-state index in [1.807, 2.05) is 4.90 Å². The van der Waals surface area contributed by atoms with Gasteiger partial charge in [-0.15, -0.1) is 6.58 Å². The van der Waals surface area contributed by atoms with Crippen LogP contribution < -0.4 is 5.32 Å². The van der Waals surface area contributed by atoms with E-state index in [0.29, 0.717) is 12.5 Å². The lowest BCUT2D eigenvalue weighted by Crippen LogP contribution is -2.38. The molecule has 1 heterocycles. The Morgan fingerprint density at radius 2 is 1.68 bits per heavy atom. The van der Waals surface area contributed by atoms with Crippen molar-refractivity contribution in [2.75, 3.05) is 19.6 Å². The smallest absolute Gasteiger partial charge is 0.225 e. The van der Waals surface area contributed by atoms with Gasteiger partial charge in [0.25, 0.3) is 0 Å². The predicted molar refractivity (Wildman–Crippen MR) is 74.5 cm³/mol. The van der Waals surface area contributed by atoms with Crippen LogP contribution in [-0.2, 0) is 9.59 Å². The number of amides is 2. The first-order valence-corrected chi connectivity index (χ1v) is 7.39. The quantitative estimate of drug-likeness (QED) is 0.786. The summed E-state index contributed by atoms with van der Waals surface area (Å²) in [5.41, 5.74) is 0. The summed E-state index contributed by atoms with van der Waals surface area (Å²) in [5.74, 6) is 0.679. The maximum atomic E-state index is 12.3. The molecule has 1 aliphatic heterocycles. The molecular weight excluding hydrogens is 240 g/mol. The molecule has 4 nitrogen and oxygen atoms in total. The van der Waals surface area contributed by atoms with Crippen molar-refractivity contribution in [3.05, 3.63) is 12.7 Å². The van der Waals surface area contributed by atoms with Crippen LogP contribution in [0.15, 0.2) is 12.7 Å². The minimum atomic E-state index is 0.0857. The van der Waals surface area contributed by atoms with Crippen molar-refractivity contribution in [2.45, 2.75) is 38.5 Å². The summed E-state index contributed by atoms with van der Waals surface area (Å²) >= 11 is 0. The largest absolute Gasteiger partial charge is 0.352 e. The van der Waals surface area contributed by atoms with Crippen LogP contribution in [0, 0.1) is 11.8 Å². The summed E-state index contributed by atoms with van der Waals surface area (Å²) in [6.45, 7) is 5.98.